The van der Waals surface area contributed by atoms with Gasteiger partial charge in [0.2, 0.25) is 0 Å². The lowest BCUT2D eigenvalue weighted by Crippen LogP contribution is -2.26. The number of allylic oxidation sites excluding steroid dienone is 4. The monoisotopic (exact) mass is 743 g/mol. The summed E-state index contributed by atoms with van der Waals surface area (Å²) in [5.41, 5.74) is 16.3. The van der Waals surface area contributed by atoms with E-state index in [9.17, 15) is 0 Å². The summed E-state index contributed by atoms with van der Waals surface area (Å²) in [4.78, 5) is 2.30. The average molecular weight is 744 g/mol. The molecule has 1 atom stereocenters. The molecule has 8 aromatic rings. The molecule has 1 heterocycles. The van der Waals surface area contributed by atoms with E-state index in [1.165, 1.54) is 27.8 Å². The molecule has 3 nitrogen and oxygen atoms in total. The largest absolute Gasteiger partial charge is 0.449 e. The van der Waals surface area contributed by atoms with E-state index >= 15 is 0 Å². The number of fused-ring (bicyclic) bond motifs is 9. The van der Waals surface area contributed by atoms with Crippen LogP contribution in [0.4, 0.5) is 17.1 Å². The molecule has 0 saturated carbocycles. The van der Waals surface area contributed by atoms with Crippen LogP contribution in [0.2, 0.25) is 0 Å². The van der Waals surface area contributed by atoms with Gasteiger partial charge in [-0.3, -0.25) is 0 Å². The van der Waals surface area contributed by atoms with Crippen LogP contribution >= 0.6 is 0 Å². The molecule has 1 spiro atoms. The van der Waals surface area contributed by atoms with Gasteiger partial charge in [-0.05, 0) is 110 Å². The summed E-state index contributed by atoms with van der Waals surface area (Å²) in [6, 6.07) is 66.3. The van der Waals surface area contributed by atoms with Crippen molar-refractivity contribution in [2.45, 2.75) is 5.41 Å². The van der Waals surface area contributed by atoms with E-state index in [1.807, 2.05) is 12.1 Å². The summed E-state index contributed by atoms with van der Waals surface area (Å²) in [5.74, 6) is 2.68. The van der Waals surface area contributed by atoms with E-state index in [2.05, 4.69) is 206 Å². The standard InChI is InChI=1S/C55H37NO2/c1-3-17-46-36(2)42-24-10-13-27-47(42)55(46)48-28-14-11-26-44(48)45-34-53-54(35-49(45)55)57-51-31-30-41(33-52(51)58-53)56(40-22-8-5-9-23-40)50-29-15-12-25-43(50)39-21-16-20-38(32-39)37-18-6-4-7-19-37/h3-35H,1-2H2/b46-17+. The van der Waals surface area contributed by atoms with Crippen molar-refractivity contribution in [3.8, 4) is 56.4 Å². The van der Waals surface area contributed by atoms with Gasteiger partial charge in [-0.15, -0.1) is 0 Å². The number of rotatable bonds is 6. The third-order valence-electron chi connectivity index (χ3n) is 11.8. The van der Waals surface area contributed by atoms with Gasteiger partial charge in [0, 0.05) is 17.3 Å². The number of nitrogens with zero attached hydrogens (tertiary/aromatic N) is 1. The molecule has 58 heavy (non-hydrogen) atoms. The van der Waals surface area contributed by atoms with Crippen molar-refractivity contribution in [2.24, 2.45) is 0 Å². The summed E-state index contributed by atoms with van der Waals surface area (Å²) in [6.07, 6.45) is 4.00. The lowest BCUT2D eigenvalue weighted by molar-refractivity contribution is 0.359. The number of para-hydroxylation sites is 2. The first-order valence-corrected chi connectivity index (χ1v) is 19.6. The third-order valence-corrected chi connectivity index (χ3v) is 11.8. The number of ether oxygens (including phenoxy) is 2. The number of benzene rings is 8. The van der Waals surface area contributed by atoms with Crippen molar-refractivity contribution in [2.75, 3.05) is 4.90 Å². The second-order valence-corrected chi connectivity index (χ2v) is 15.0. The fraction of sp³-hybridized carbons (Fsp3) is 0.0182. The Hall–Kier alpha value is -7.62. The number of hydrogen-bond donors (Lipinski definition) is 0. The van der Waals surface area contributed by atoms with Crippen molar-refractivity contribution < 1.29 is 9.47 Å². The minimum absolute atomic E-state index is 0.555. The second kappa shape index (κ2) is 13.3. The Bertz CT molecular complexity index is 3000. The van der Waals surface area contributed by atoms with Crippen LogP contribution in [0, 0.1) is 0 Å². The highest BCUT2D eigenvalue weighted by Gasteiger charge is 2.53. The minimum Gasteiger partial charge on any atom is -0.449 e. The predicted octanol–water partition coefficient (Wildman–Crippen LogP) is 14.8. The summed E-state index contributed by atoms with van der Waals surface area (Å²) in [6.45, 7) is 8.72. The average Bonchev–Trinajstić information content (AvgIpc) is 3.70. The van der Waals surface area contributed by atoms with Gasteiger partial charge in [0.25, 0.3) is 0 Å². The van der Waals surface area contributed by atoms with E-state index in [0.717, 1.165) is 56.0 Å². The van der Waals surface area contributed by atoms with Crippen LogP contribution in [0.1, 0.15) is 22.3 Å². The Morgan fingerprint density at radius 3 is 1.83 bits per heavy atom. The van der Waals surface area contributed by atoms with E-state index in [-0.39, 0.29) is 0 Å². The van der Waals surface area contributed by atoms with Gasteiger partial charge in [-0.1, -0.05) is 159 Å². The molecule has 1 aliphatic heterocycles. The minimum atomic E-state index is -0.555. The zero-order valence-electron chi connectivity index (χ0n) is 31.7. The van der Waals surface area contributed by atoms with Gasteiger partial charge in [-0.25, -0.2) is 0 Å². The highest BCUT2D eigenvalue weighted by atomic mass is 16.6. The smallest absolute Gasteiger partial charge is 0.172 e. The van der Waals surface area contributed by atoms with Crippen LogP contribution < -0.4 is 14.4 Å². The van der Waals surface area contributed by atoms with Crippen LogP contribution in [-0.2, 0) is 5.41 Å². The third kappa shape index (κ3) is 5.00. The van der Waals surface area contributed by atoms with Crippen LogP contribution in [-0.4, -0.2) is 0 Å². The molecular formula is C55H37NO2. The Labute approximate surface area is 338 Å². The summed E-state index contributed by atoms with van der Waals surface area (Å²) in [7, 11) is 0. The summed E-state index contributed by atoms with van der Waals surface area (Å²) < 4.78 is 13.7. The van der Waals surface area contributed by atoms with Crippen LogP contribution in [0.15, 0.2) is 219 Å². The van der Waals surface area contributed by atoms with Gasteiger partial charge in [0.05, 0.1) is 16.8 Å². The molecule has 1 unspecified atom stereocenters. The van der Waals surface area contributed by atoms with Gasteiger partial charge in [0.1, 0.15) is 0 Å². The van der Waals surface area contributed by atoms with Crippen molar-refractivity contribution in [3.05, 3.63) is 241 Å². The van der Waals surface area contributed by atoms with Gasteiger partial charge in [-0.2, -0.15) is 0 Å². The molecule has 3 heteroatoms. The lowest BCUT2D eigenvalue weighted by atomic mass is 9.70. The molecule has 0 radical (unpaired) electrons. The molecule has 0 saturated heterocycles. The van der Waals surface area contributed by atoms with Crippen molar-refractivity contribution in [1.29, 1.82) is 0 Å². The van der Waals surface area contributed by atoms with E-state index in [4.69, 9.17) is 9.47 Å². The molecule has 0 amide bonds. The molecular weight excluding hydrogens is 707 g/mol. The summed E-state index contributed by atoms with van der Waals surface area (Å²) in [5, 5.41) is 0. The zero-order valence-corrected chi connectivity index (χ0v) is 31.7. The molecule has 2 aliphatic carbocycles. The predicted molar refractivity (Wildman–Crippen MR) is 238 cm³/mol. The fourth-order valence-electron chi connectivity index (χ4n) is 9.41. The van der Waals surface area contributed by atoms with Crippen LogP contribution in [0.5, 0.6) is 23.0 Å². The van der Waals surface area contributed by atoms with Crippen molar-refractivity contribution in [3.63, 3.8) is 0 Å². The van der Waals surface area contributed by atoms with E-state index in [1.54, 1.807) is 0 Å². The first kappa shape index (κ1) is 33.7. The maximum Gasteiger partial charge on any atom is 0.172 e. The highest BCUT2D eigenvalue weighted by Crippen LogP contribution is 2.65. The number of hydrogen-bond acceptors (Lipinski definition) is 3. The lowest BCUT2D eigenvalue weighted by Gasteiger charge is -2.32. The Morgan fingerprint density at radius 2 is 1.03 bits per heavy atom. The van der Waals surface area contributed by atoms with Crippen molar-refractivity contribution in [1.82, 2.24) is 0 Å². The molecule has 11 rings (SSSR count). The van der Waals surface area contributed by atoms with Crippen LogP contribution in [0.25, 0.3) is 39.0 Å². The molecule has 0 N–H and O–H groups in total. The van der Waals surface area contributed by atoms with E-state index in [0.29, 0.717) is 23.0 Å². The Balaban J connectivity index is 1.03. The Morgan fingerprint density at radius 1 is 0.431 bits per heavy atom. The fourth-order valence-corrected chi connectivity index (χ4v) is 9.41. The maximum atomic E-state index is 6.88. The Kier molecular flexibility index (Phi) is 7.70. The second-order valence-electron chi connectivity index (χ2n) is 15.0. The first-order valence-electron chi connectivity index (χ1n) is 19.6. The number of anilines is 3. The SMILES string of the molecule is C=C/C=C1\C(=C)c2ccccc2C12c1ccccc1-c1cc3c(cc12)Oc1ccc(N(c2ccccc2)c2ccccc2-c2cccc(-c4ccccc4)c2)cc1O3. The van der Waals surface area contributed by atoms with Crippen LogP contribution in [0.3, 0.4) is 0 Å². The maximum absolute atomic E-state index is 6.88. The normalized spacial score (nSPS) is 16.1. The van der Waals surface area contributed by atoms with Gasteiger partial charge in [0.15, 0.2) is 23.0 Å². The van der Waals surface area contributed by atoms with Crippen molar-refractivity contribution >= 4 is 22.6 Å². The van der Waals surface area contributed by atoms with Gasteiger partial charge >= 0.3 is 0 Å². The quantitative estimate of drug-likeness (QED) is 0.169. The molecule has 3 aliphatic rings. The zero-order chi connectivity index (χ0) is 38.8. The summed E-state index contributed by atoms with van der Waals surface area (Å²) >= 11 is 0. The highest BCUT2D eigenvalue weighted by molar-refractivity contribution is 6.00. The first-order chi connectivity index (χ1) is 28.6. The molecule has 8 aromatic carbocycles. The topological polar surface area (TPSA) is 21.7 Å². The molecule has 0 bridgehead atoms. The molecule has 0 fully saturated rings. The molecule has 0 aromatic heterocycles. The van der Waals surface area contributed by atoms with E-state index < -0.39 is 5.41 Å². The van der Waals surface area contributed by atoms with Gasteiger partial charge < -0.3 is 14.4 Å². The molecule has 274 valence electrons.